The van der Waals surface area contributed by atoms with E-state index in [1.54, 1.807) is 0 Å². The van der Waals surface area contributed by atoms with Crippen LogP contribution in [0.3, 0.4) is 0 Å². The molecule has 2 heteroatoms. The van der Waals surface area contributed by atoms with Crippen molar-refractivity contribution in [2.24, 2.45) is 0 Å². The zero-order valence-electron chi connectivity index (χ0n) is 10.8. The molecule has 0 bridgehead atoms. The van der Waals surface area contributed by atoms with E-state index in [-0.39, 0.29) is 11.6 Å². The first kappa shape index (κ1) is 13.3. The maximum atomic E-state index is 11.9. The maximum Gasteiger partial charge on any atom is 0.334 e. The lowest BCUT2D eigenvalue weighted by atomic mass is 9.86. The van der Waals surface area contributed by atoms with Crippen molar-refractivity contribution < 1.29 is 9.53 Å². The summed E-state index contributed by atoms with van der Waals surface area (Å²) in [4.78, 5) is 11.9. The van der Waals surface area contributed by atoms with E-state index in [2.05, 4.69) is 26.8 Å². The first-order chi connectivity index (χ1) is 7.67. The molecule has 1 aliphatic rings. The minimum atomic E-state index is -0.197. The number of esters is 1. The minimum absolute atomic E-state index is 0.0741. The van der Waals surface area contributed by atoms with Gasteiger partial charge in [0.1, 0.15) is 5.60 Å². The molecule has 2 nitrogen and oxygen atoms in total. The van der Waals surface area contributed by atoms with Crippen molar-refractivity contribution in [3.05, 3.63) is 11.6 Å². The van der Waals surface area contributed by atoms with Crippen molar-refractivity contribution in [3.63, 3.8) is 0 Å². The van der Waals surface area contributed by atoms with Gasteiger partial charge in [-0.3, -0.25) is 0 Å². The third kappa shape index (κ3) is 3.10. The van der Waals surface area contributed by atoms with Gasteiger partial charge >= 0.3 is 5.97 Å². The summed E-state index contributed by atoms with van der Waals surface area (Å²) in [6.45, 7) is 6.39. The first-order valence-electron chi connectivity index (χ1n) is 6.59. The fourth-order valence-electron chi connectivity index (χ4n) is 2.51. The van der Waals surface area contributed by atoms with Crippen LogP contribution in [-0.2, 0) is 9.53 Å². The lowest BCUT2D eigenvalue weighted by molar-refractivity contribution is -0.158. The molecular weight excluding hydrogens is 200 g/mol. The number of ether oxygens (including phenoxy) is 1. The van der Waals surface area contributed by atoms with E-state index in [4.69, 9.17) is 4.74 Å². The monoisotopic (exact) mass is 224 g/mol. The predicted molar refractivity (Wildman–Crippen MR) is 66.2 cm³/mol. The van der Waals surface area contributed by atoms with Crippen LogP contribution in [0.25, 0.3) is 0 Å². The Hall–Kier alpha value is -0.790. The van der Waals surface area contributed by atoms with Crippen LogP contribution in [0.2, 0.25) is 0 Å². The molecule has 0 unspecified atom stereocenters. The standard InChI is InChI=1S/C14H24O2/c1-4-7-12-8-11-14(9-5-2,10-6-3)16-13(12)15/h8H,4-7,9-11H2,1-3H3. The van der Waals surface area contributed by atoms with Crippen LogP contribution in [-0.4, -0.2) is 11.6 Å². The highest BCUT2D eigenvalue weighted by Gasteiger charge is 2.35. The van der Waals surface area contributed by atoms with Gasteiger partial charge in [-0.2, -0.15) is 0 Å². The lowest BCUT2D eigenvalue weighted by Gasteiger charge is -2.36. The SMILES string of the molecule is CCCC1=CCC(CCC)(CCC)OC1=O. The van der Waals surface area contributed by atoms with Gasteiger partial charge in [-0.25, -0.2) is 4.79 Å². The molecule has 0 spiro atoms. The van der Waals surface area contributed by atoms with Gasteiger partial charge in [-0.15, -0.1) is 0 Å². The second-order valence-electron chi connectivity index (χ2n) is 4.76. The third-order valence-electron chi connectivity index (χ3n) is 3.22. The highest BCUT2D eigenvalue weighted by atomic mass is 16.6. The van der Waals surface area contributed by atoms with Crippen LogP contribution < -0.4 is 0 Å². The molecule has 0 aromatic heterocycles. The van der Waals surface area contributed by atoms with E-state index < -0.39 is 0 Å². The van der Waals surface area contributed by atoms with E-state index in [9.17, 15) is 4.79 Å². The Morgan fingerprint density at radius 3 is 2.25 bits per heavy atom. The molecule has 0 N–H and O–H groups in total. The molecule has 0 saturated heterocycles. The summed E-state index contributed by atoms with van der Waals surface area (Å²) in [5, 5.41) is 0. The van der Waals surface area contributed by atoms with Gasteiger partial charge < -0.3 is 4.74 Å². The minimum Gasteiger partial charge on any atom is -0.455 e. The molecule has 0 fully saturated rings. The summed E-state index contributed by atoms with van der Waals surface area (Å²) in [6.07, 6.45) is 9.01. The zero-order chi connectivity index (χ0) is 12.0. The molecule has 92 valence electrons. The molecule has 0 atom stereocenters. The van der Waals surface area contributed by atoms with Gasteiger partial charge in [0.25, 0.3) is 0 Å². The topological polar surface area (TPSA) is 26.3 Å². The van der Waals surface area contributed by atoms with Crippen molar-refractivity contribution in [1.29, 1.82) is 0 Å². The van der Waals surface area contributed by atoms with Gasteiger partial charge in [0, 0.05) is 12.0 Å². The average Bonchev–Trinajstić information content (AvgIpc) is 2.23. The molecular formula is C14H24O2. The van der Waals surface area contributed by atoms with Crippen molar-refractivity contribution in [3.8, 4) is 0 Å². The molecule has 0 aromatic carbocycles. The zero-order valence-corrected chi connectivity index (χ0v) is 10.8. The van der Waals surface area contributed by atoms with E-state index in [1.165, 1.54) is 0 Å². The molecule has 0 radical (unpaired) electrons. The Morgan fingerprint density at radius 2 is 1.81 bits per heavy atom. The fraction of sp³-hybridized carbons (Fsp3) is 0.786. The Labute approximate surface area is 99.1 Å². The van der Waals surface area contributed by atoms with Gasteiger partial charge in [0.2, 0.25) is 0 Å². The summed E-state index contributed by atoms with van der Waals surface area (Å²) >= 11 is 0. The number of hydrogen-bond acceptors (Lipinski definition) is 2. The van der Waals surface area contributed by atoms with Crippen molar-refractivity contribution in [2.45, 2.75) is 71.3 Å². The molecule has 1 aliphatic heterocycles. The number of carbonyl (C=O) groups is 1. The number of cyclic esters (lactones) is 1. The quantitative estimate of drug-likeness (QED) is 0.637. The largest absolute Gasteiger partial charge is 0.455 e. The predicted octanol–water partition coefficient (Wildman–Crippen LogP) is 4.00. The summed E-state index contributed by atoms with van der Waals surface area (Å²) in [7, 11) is 0. The Balaban J connectivity index is 2.74. The van der Waals surface area contributed by atoms with E-state index in [0.717, 1.165) is 50.5 Å². The van der Waals surface area contributed by atoms with Gasteiger partial charge in [-0.05, 0) is 19.3 Å². The van der Waals surface area contributed by atoms with E-state index in [1.807, 2.05) is 0 Å². The first-order valence-corrected chi connectivity index (χ1v) is 6.59. The second kappa shape index (κ2) is 6.07. The van der Waals surface area contributed by atoms with Gasteiger partial charge in [0.05, 0.1) is 0 Å². The molecule has 0 amide bonds. The molecule has 1 heterocycles. The van der Waals surface area contributed by atoms with Crippen LogP contribution >= 0.6 is 0 Å². The second-order valence-corrected chi connectivity index (χ2v) is 4.76. The highest BCUT2D eigenvalue weighted by molar-refractivity contribution is 5.89. The summed E-state index contributed by atoms with van der Waals surface area (Å²) < 4.78 is 5.71. The summed E-state index contributed by atoms with van der Waals surface area (Å²) in [5.41, 5.74) is 0.683. The van der Waals surface area contributed by atoms with Crippen LogP contribution in [0.5, 0.6) is 0 Å². The molecule has 0 saturated carbocycles. The summed E-state index contributed by atoms with van der Waals surface area (Å²) in [5.74, 6) is -0.0741. The van der Waals surface area contributed by atoms with Crippen molar-refractivity contribution in [2.75, 3.05) is 0 Å². The Kier molecular flexibility index (Phi) is 5.04. The van der Waals surface area contributed by atoms with E-state index >= 15 is 0 Å². The number of hydrogen-bond donors (Lipinski definition) is 0. The van der Waals surface area contributed by atoms with Crippen molar-refractivity contribution >= 4 is 5.97 Å². The Bertz CT molecular complexity index is 260. The maximum absolute atomic E-state index is 11.9. The van der Waals surface area contributed by atoms with Crippen LogP contribution in [0.15, 0.2) is 11.6 Å². The summed E-state index contributed by atoms with van der Waals surface area (Å²) in [6, 6.07) is 0. The van der Waals surface area contributed by atoms with Crippen LogP contribution in [0.1, 0.15) is 65.7 Å². The van der Waals surface area contributed by atoms with Crippen molar-refractivity contribution in [1.82, 2.24) is 0 Å². The molecule has 16 heavy (non-hydrogen) atoms. The highest BCUT2D eigenvalue weighted by Crippen LogP contribution is 2.34. The van der Waals surface area contributed by atoms with Crippen LogP contribution in [0.4, 0.5) is 0 Å². The van der Waals surface area contributed by atoms with Gasteiger partial charge in [0.15, 0.2) is 0 Å². The molecule has 1 rings (SSSR count). The number of carbonyl (C=O) groups excluding carboxylic acids is 1. The fourth-order valence-corrected chi connectivity index (χ4v) is 2.51. The lowest BCUT2D eigenvalue weighted by Crippen LogP contribution is -2.38. The van der Waals surface area contributed by atoms with Crippen LogP contribution in [0, 0.1) is 0 Å². The van der Waals surface area contributed by atoms with Gasteiger partial charge in [-0.1, -0.05) is 46.1 Å². The smallest absolute Gasteiger partial charge is 0.334 e. The molecule has 0 aliphatic carbocycles. The Morgan fingerprint density at radius 1 is 1.19 bits per heavy atom. The number of rotatable bonds is 6. The normalized spacial score (nSPS) is 19.2. The average molecular weight is 224 g/mol. The molecule has 0 aromatic rings. The third-order valence-corrected chi connectivity index (χ3v) is 3.22. The van der Waals surface area contributed by atoms with E-state index in [0.29, 0.717) is 0 Å².